The highest BCUT2D eigenvalue weighted by molar-refractivity contribution is 5.92. The largest absolute Gasteiger partial charge is 0.497 e. The molecule has 0 radical (unpaired) electrons. The van der Waals surface area contributed by atoms with Crippen molar-refractivity contribution in [1.82, 2.24) is 4.90 Å². The van der Waals surface area contributed by atoms with Crippen molar-refractivity contribution in [1.29, 1.82) is 0 Å². The van der Waals surface area contributed by atoms with Gasteiger partial charge in [-0.25, -0.2) is 0 Å². The third kappa shape index (κ3) is 5.39. The number of amides is 2. The van der Waals surface area contributed by atoms with Gasteiger partial charge in [0.2, 0.25) is 11.8 Å². The summed E-state index contributed by atoms with van der Waals surface area (Å²) in [5, 5.41) is 0. The summed E-state index contributed by atoms with van der Waals surface area (Å²) in [6, 6.07) is 7.26. The summed E-state index contributed by atoms with van der Waals surface area (Å²) in [6.07, 6.45) is 2.38. The quantitative estimate of drug-likeness (QED) is 0.742. The van der Waals surface area contributed by atoms with E-state index < -0.39 is 0 Å². The molecule has 1 rings (SSSR count). The summed E-state index contributed by atoms with van der Waals surface area (Å²) in [6.45, 7) is 4.75. The minimum Gasteiger partial charge on any atom is -0.497 e. The van der Waals surface area contributed by atoms with Crippen molar-refractivity contribution in [3.05, 3.63) is 24.3 Å². The molecule has 5 nitrogen and oxygen atoms in total. The molecule has 0 saturated heterocycles. The number of hydrogen-bond acceptors (Lipinski definition) is 3. The lowest BCUT2D eigenvalue weighted by Gasteiger charge is -2.23. The number of nitrogens with zero attached hydrogens (tertiary/aromatic N) is 2. The minimum absolute atomic E-state index is 0.0632. The van der Waals surface area contributed by atoms with Crippen molar-refractivity contribution in [2.75, 3.05) is 32.1 Å². The topological polar surface area (TPSA) is 49.9 Å². The number of anilines is 1. The Morgan fingerprint density at radius 2 is 1.77 bits per heavy atom. The number of carbonyl (C=O) groups excluding carboxylic acids is 2. The zero-order valence-corrected chi connectivity index (χ0v) is 14.0. The first-order chi connectivity index (χ1) is 10.5. The van der Waals surface area contributed by atoms with E-state index in [0.717, 1.165) is 30.8 Å². The van der Waals surface area contributed by atoms with Gasteiger partial charge in [0.1, 0.15) is 5.75 Å². The van der Waals surface area contributed by atoms with E-state index in [9.17, 15) is 9.59 Å². The van der Waals surface area contributed by atoms with E-state index in [1.807, 2.05) is 19.2 Å². The van der Waals surface area contributed by atoms with Crippen LogP contribution in [0.4, 0.5) is 5.69 Å². The molecule has 0 aliphatic carbocycles. The predicted molar refractivity (Wildman–Crippen MR) is 88.2 cm³/mol. The van der Waals surface area contributed by atoms with Gasteiger partial charge < -0.3 is 14.5 Å². The second-order valence-corrected chi connectivity index (χ2v) is 5.29. The van der Waals surface area contributed by atoms with E-state index in [-0.39, 0.29) is 11.8 Å². The van der Waals surface area contributed by atoms with Gasteiger partial charge in [-0.15, -0.1) is 0 Å². The molecule has 22 heavy (non-hydrogen) atoms. The number of ether oxygens (including phenoxy) is 1. The van der Waals surface area contributed by atoms with E-state index >= 15 is 0 Å². The first kappa shape index (κ1) is 18.0. The summed E-state index contributed by atoms with van der Waals surface area (Å²) in [5.74, 6) is 0.727. The maximum Gasteiger partial charge on any atom is 0.224 e. The molecule has 0 atom stereocenters. The van der Waals surface area contributed by atoms with Gasteiger partial charge in [-0.3, -0.25) is 9.59 Å². The van der Waals surface area contributed by atoms with Crippen molar-refractivity contribution in [3.8, 4) is 5.75 Å². The zero-order chi connectivity index (χ0) is 16.5. The normalized spacial score (nSPS) is 10.2. The Morgan fingerprint density at radius 1 is 1.14 bits per heavy atom. The fraction of sp³-hybridized carbons (Fsp3) is 0.529. The minimum atomic E-state index is -0.0748. The summed E-state index contributed by atoms with van der Waals surface area (Å²) >= 11 is 0. The summed E-state index contributed by atoms with van der Waals surface area (Å²) < 4.78 is 5.11. The lowest BCUT2D eigenvalue weighted by Crippen LogP contribution is -2.35. The Bertz CT molecular complexity index is 485. The van der Waals surface area contributed by atoms with Crippen LogP contribution in [-0.4, -0.2) is 44.0 Å². The fourth-order valence-electron chi connectivity index (χ4n) is 2.15. The molecular formula is C17H26N2O3. The summed E-state index contributed by atoms with van der Waals surface area (Å²) in [4.78, 5) is 27.2. The highest BCUT2D eigenvalue weighted by Gasteiger charge is 2.15. The monoisotopic (exact) mass is 306 g/mol. The van der Waals surface area contributed by atoms with Crippen molar-refractivity contribution in [3.63, 3.8) is 0 Å². The van der Waals surface area contributed by atoms with Crippen LogP contribution in [0.1, 0.15) is 33.1 Å². The van der Waals surface area contributed by atoms with Gasteiger partial charge >= 0.3 is 0 Å². The summed E-state index contributed by atoms with van der Waals surface area (Å²) in [7, 11) is 3.41. The molecule has 0 fully saturated rings. The number of unbranched alkanes of at least 4 members (excludes halogenated alkanes) is 1. The van der Waals surface area contributed by atoms with Gasteiger partial charge in [0.05, 0.1) is 7.11 Å². The maximum absolute atomic E-state index is 12.1. The van der Waals surface area contributed by atoms with Crippen molar-refractivity contribution >= 4 is 17.5 Å². The average Bonchev–Trinajstić information content (AvgIpc) is 2.52. The first-order valence-electron chi connectivity index (χ1n) is 7.65. The van der Waals surface area contributed by atoms with Crippen LogP contribution < -0.4 is 9.64 Å². The molecule has 5 heteroatoms. The van der Waals surface area contributed by atoms with Crippen LogP contribution in [0, 0.1) is 0 Å². The molecule has 2 amide bonds. The fourth-order valence-corrected chi connectivity index (χ4v) is 2.15. The molecule has 122 valence electrons. The van der Waals surface area contributed by atoms with Gasteiger partial charge in [-0.1, -0.05) is 13.3 Å². The van der Waals surface area contributed by atoms with Crippen LogP contribution in [0.5, 0.6) is 5.75 Å². The third-order valence-corrected chi connectivity index (χ3v) is 3.59. The lowest BCUT2D eigenvalue weighted by atomic mass is 10.2. The van der Waals surface area contributed by atoms with Crippen LogP contribution in [-0.2, 0) is 9.59 Å². The first-order valence-corrected chi connectivity index (χ1v) is 7.65. The van der Waals surface area contributed by atoms with E-state index in [1.165, 1.54) is 6.92 Å². The van der Waals surface area contributed by atoms with Crippen LogP contribution in [0.2, 0.25) is 0 Å². The molecule has 0 N–H and O–H groups in total. The molecule has 0 unspecified atom stereocenters. The number of hydrogen-bond donors (Lipinski definition) is 0. The van der Waals surface area contributed by atoms with Crippen molar-refractivity contribution in [2.45, 2.75) is 33.1 Å². The molecule has 0 aliphatic heterocycles. The Kier molecular flexibility index (Phi) is 7.43. The Hall–Kier alpha value is -2.04. The standard InChI is InChI=1S/C17H26N2O3/c1-5-6-12-18(3)17(21)11-13-19(14(2)20)15-7-9-16(22-4)10-8-15/h7-10H,5-6,11-13H2,1-4H3. The number of carbonyl (C=O) groups is 2. The van der Waals surface area contributed by atoms with Gasteiger partial charge in [0, 0.05) is 39.2 Å². The molecular weight excluding hydrogens is 280 g/mol. The maximum atomic E-state index is 12.1. The van der Waals surface area contributed by atoms with Crippen molar-refractivity contribution < 1.29 is 14.3 Å². The molecule has 0 aliphatic rings. The van der Waals surface area contributed by atoms with Crippen LogP contribution in [0.25, 0.3) is 0 Å². The lowest BCUT2D eigenvalue weighted by molar-refractivity contribution is -0.129. The van der Waals surface area contributed by atoms with Gasteiger partial charge in [-0.05, 0) is 30.7 Å². The zero-order valence-electron chi connectivity index (χ0n) is 14.0. The molecule has 0 heterocycles. The molecule has 0 spiro atoms. The molecule has 1 aromatic rings. The number of benzene rings is 1. The van der Waals surface area contributed by atoms with Crippen LogP contribution >= 0.6 is 0 Å². The van der Waals surface area contributed by atoms with Crippen LogP contribution in [0.15, 0.2) is 24.3 Å². The van der Waals surface area contributed by atoms with E-state index in [0.29, 0.717) is 13.0 Å². The number of methoxy groups -OCH3 is 1. The smallest absolute Gasteiger partial charge is 0.224 e. The average molecular weight is 306 g/mol. The van der Waals surface area contributed by atoms with Gasteiger partial charge in [-0.2, -0.15) is 0 Å². The molecule has 1 aromatic carbocycles. The van der Waals surface area contributed by atoms with Crippen LogP contribution in [0.3, 0.4) is 0 Å². The van der Waals surface area contributed by atoms with Gasteiger partial charge in [0.15, 0.2) is 0 Å². The third-order valence-electron chi connectivity index (χ3n) is 3.59. The molecule has 0 saturated carbocycles. The second-order valence-electron chi connectivity index (χ2n) is 5.29. The molecule has 0 aromatic heterocycles. The Balaban J connectivity index is 2.64. The SMILES string of the molecule is CCCCN(C)C(=O)CCN(C(C)=O)c1ccc(OC)cc1. The highest BCUT2D eigenvalue weighted by atomic mass is 16.5. The molecule has 0 bridgehead atoms. The van der Waals surface area contributed by atoms with E-state index in [2.05, 4.69) is 6.92 Å². The second kappa shape index (κ2) is 9.07. The number of rotatable bonds is 8. The predicted octanol–water partition coefficient (Wildman–Crippen LogP) is 2.70. The summed E-state index contributed by atoms with van der Waals surface area (Å²) in [5.41, 5.74) is 0.775. The van der Waals surface area contributed by atoms with E-state index in [4.69, 9.17) is 4.74 Å². The Morgan fingerprint density at radius 3 is 2.27 bits per heavy atom. The highest BCUT2D eigenvalue weighted by Crippen LogP contribution is 2.19. The van der Waals surface area contributed by atoms with Crippen molar-refractivity contribution in [2.24, 2.45) is 0 Å². The van der Waals surface area contributed by atoms with Gasteiger partial charge in [0.25, 0.3) is 0 Å². The van der Waals surface area contributed by atoms with E-state index in [1.54, 1.807) is 29.0 Å². The Labute approximate surface area is 132 Å².